The molecule has 1 rings (SSSR count). The molecular weight excluding hydrogens is 319 g/mol. The predicted molar refractivity (Wildman–Crippen MR) is 65.1 cm³/mol. The molecule has 0 atom stereocenters. The van der Waals surface area contributed by atoms with E-state index in [1.165, 1.54) is 11.8 Å². The largest absolute Gasteiger partial charge is 0.516 e. The van der Waals surface area contributed by atoms with E-state index >= 15 is 0 Å². The molecule has 0 radical (unpaired) electrons. The average molecular weight is 329 g/mol. The van der Waals surface area contributed by atoms with Crippen molar-refractivity contribution in [1.82, 2.24) is 0 Å². The zero-order chi connectivity index (χ0) is 16.4. The van der Waals surface area contributed by atoms with Crippen LogP contribution in [0.25, 0.3) is 0 Å². The van der Waals surface area contributed by atoms with Gasteiger partial charge in [-0.05, 0) is 0 Å². The van der Waals surface area contributed by atoms with Gasteiger partial charge in [0.15, 0.2) is 11.5 Å². The second-order valence-electron chi connectivity index (χ2n) is 3.61. The third kappa shape index (κ3) is 3.48. The summed E-state index contributed by atoms with van der Waals surface area (Å²) in [5.74, 6) is -1.86. The number of halogens is 3. The van der Waals surface area contributed by atoms with Gasteiger partial charge in [0, 0.05) is 12.1 Å². The zero-order valence-corrected chi connectivity index (χ0v) is 11.5. The monoisotopic (exact) mass is 329 g/mol. The van der Waals surface area contributed by atoms with Crippen molar-refractivity contribution >= 4 is 21.7 Å². The van der Waals surface area contributed by atoms with Crippen LogP contribution in [0.3, 0.4) is 0 Å². The van der Waals surface area contributed by atoms with Gasteiger partial charge in [-0.15, -0.1) is 0 Å². The molecule has 1 aromatic rings. The smallest absolute Gasteiger partial charge is 0.493 e. The number of carboxylic acids is 1. The van der Waals surface area contributed by atoms with E-state index < -0.39 is 32.8 Å². The minimum atomic E-state index is -5.76. The second kappa shape index (κ2) is 5.68. The number of rotatable bonds is 5. The summed E-state index contributed by atoms with van der Waals surface area (Å²) < 4.78 is 69.8. The first-order chi connectivity index (χ1) is 9.53. The van der Waals surface area contributed by atoms with Crippen LogP contribution in [0, 0.1) is 0 Å². The van der Waals surface area contributed by atoms with Crippen LogP contribution in [-0.4, -0.2) is 39.2 Å². The first-order valence-corrected chi connectivity index (χ1v) is 6.60. The molecule has 0 aliphatic rings. The second-order valence-corrected chi connectivity index (χ2v) is 5.28. The Morgan fingerprint density at radius 1 is 1.19 bits per heavy atom. The summed E-state index contributed by atoms with van der Waals surface area (Å²) in [5, 5.41) is 8.94. The molecule has 118 valence electrons. The minimum absolute atomic E-state index is 0.0788. The molecule has 0 heterocycles. The van der Waals surface area contributed by atoms with Crippen LogP contribution in [0.5, 0.6) is 11.5 Å². The van der Waals surface area contributed by atoms with Crippen molar-refractivity contribution < 1.29 is 41.0 Å². The van der Waals surface area contributed by atoms with Gasteiger partial charge in [0.25, 0.3) is 0 Å². The van der Waals surface area contributed by atoms with Crippen LogP contribution in [0.2, 0.25) is 0 Å². The van der Waals surface area contributed by atoms with Crippen LogP contribution in [0.4, 0.5) is 18.9 Å². The summed E-state index contributed by atoms with van der Waals surface area (Å²) in [4.78, 5) is 11.0. The van der Waals surface area contributed by atoms with Crippen molar-refractivity contribution in [2.24, 2.45) is 0 Å². The number of aromatic carboxylic acids is 1. The molecule has 21 heavy (non-hydrogen) atoms. The molecule has 7 nitrogen and oxygen atoms in total. The molecule has 0 fully saturated rings. The lowest BCUT2D eigenvalue weighted by molar-refractivity contribution is -0.0429. The van der Waals surface area contributed by atoms with E-state index in [4.69, 9.17) is 14.6 Å². The summed E-state index contributed by atoms with van der Waals surface area (Å²) in [6.07, 6.45) is 0. The van der Waals surface area contributed by atoms with E-state index in [0.717, 1.165) is 19.2 Å². The fourth-order valence-corrected chi connectivity index (χ4v) is 1.92. The zero-order valence-electron chi connectivity index (χ0n) is 10.7. The highest BCUT2D eigenvalue weighted by Crippen LogP contribution is 2.35. The fourth-order valence-electron chi connectivity index (χ4n) is 1.34. The summed E-state index contributed by atoms with van der Waals surface area (Å²) in [7, 11) is -3.42. The van der Waals surface area contributed by atoms with Gasteiger partial charge in [-0.25, -0.2) is 4.79 Å². The highest BCUT2D eigenvalue weighted by molar-refractivity contribution is 7.93. The van der Waals surface area contributed by atoms with E-state index in [9.17, 15) is 26.4 Å². The van der Waals surface area contributed by atoms with Crippen molar-refractivity contribution in [2.45, 2.75) is 5.51 Å². The van der Waals surface area contributed by atoms with E-state index in [0.29, 0.717) is 0 Å². The number of carboxylic acid groups (broad SMARTS) is 1. The number of hydrogen-bond donors (Lipinski definition) is 2. The number of anilines is 1. The van der Waals surface area contributed by atoms with Crippen molar-refractivity contribution in [3.8, 4) is 11.5 Å². The minimum Gasteiger partial charge on any atom is -0.493 e. The van der Waals surface area contributed by atoms with E-state index in [1.807, 2.05) is 0 Å². The number of nitrogens with one attached hydrogen (secondary N) is 1. The lowest BCUT2D eigenvalue weighted by Crippen LogP contribution is -2.30. The van der Waals surface area contributed by atoms with Crippen LogP contribution in [-0.2, 0) is 10.0 Å². The molecule has 0 saturated heterocycles. The number of sulfonamides is 1. The highest BCUT2D eigenvalue weighted by atomic mass is 32.2. The molecule has 1 aromatic carbocycles. The first kappa shape index (κ1) is 16.9. The quantitative estimate of drug-likeness (QED) is 0.852. The van der Waals surface area contributed by atoms with Gasteiger partial charge < -0.3 is 14.6 Å². The molecular formula is C10H10F3NO6S. The molecule has 0 unspecified atom stereocenters. The molecule has 0 spiro atoms. The van der Waals surface area contributed by atoms with Crippen LogP contribution >= 0.6 is 0 Å². The molecule has 0 aromatic heterocycles. The Labute approximate surface area is 117 Å². The van der Waals surface area contributed by atoms with E-state index in [1.54, 1.807) is 0 Å². The number of ether oxygens (including phenoxy) is 2. The Kier molecular flexibility index (Phi) is 4.56. The molecule has 0 saturated carbocycles. The first-order valence-electron chi connectivity index (χ1n) is 5.12. The van der Waals surface area contributed by atoms with Crippen molar-refractivity contribution in [1.29, 1.82) is 0 Å². The molecule has 0 aliphatic heterocycles. The SMILES string of the molecule is COc1cc(NS(=O)(=O)C(F)(F)F)c(C(=O)O)cc1OC. The third-order valence-electron chi connectivity index (χ3n) is 2.30. The van der Waals surface area contributed by atoms with Gasteiger partial charge in [0.05, 0.1) is 25.5 Å². The normalized spacial score (nSPS) is 11.9. The summed E-state index contributed by atoms with van der Waals surface area (Å²) in [5.41, 5.74) is -7.10. The molecule has 0 bridgehead atoms. The van der Waals surface area contributed by atoms with Crippen molar-refractivity contribution in [3.05, 3.63) is 17.7 Å². The maximum atomic E-state index is 12.3. The maximum Gasteiger partial charge on any atom is 0.516 e. The lowest BCUT2D eigenvalue weighted by Gasteiger charge is -2.15. The van der Waals surface area contributed by atoms with Crippen LogP contribution < -0.4 is 14.2 Å². The predicted octanol–water partition coefficient (Wildman–Crippen LogP) is 1.66. The van der Waals surface area contributed by atoms with Crippen LogP contribution in [0.15, 0.2) is 12.1 Å². The summed E-state index contributed by atoms with van der Waals surface area (Å²) in [6.45, 7) is 0. The molecule has 0 amide bonds. The van der Waals surface area contributed by atoms with Crippen molar-refractivity contribution in [2.75, 3.05) is 18.9 Å². The van der Waals surface area contributed by atoms with Gasteiger partial charge in [-0.1, -0.05) is 0 Å². The fraction of sp³-hybridized carbons (Fsp3) is 0.300. The van der Waals surface area contributed by atoms with Gasteiger partial charge in [0.1, 0.15) is 0 Å². The van der Waals surface area contributed by atoms with Gasteiger partial charge in [-0.2, -0.15) is 21.6 Å². The number of hydrogen-bond acceptors (Lipinski definition) is 5. The standard InChI is InChI=1S/C10H10F3NO6S/c1-19-7-3-5(9(15)16)6(4-8(7)20-2)14-21(17,18)10(11,12)13/h3-4,14H,1-2H3,(H,15,16). The number of benzene rings is 1. The van der Waals surface area contributed by atoms with Crippen LogP contribution in [0.1, 0.15) is 10.4 Å². The Bertz CT molecular complexity index is 655. The third-order valence-corrected chi connectivity index (χ3v) is 3.40. The molecule has 11 heteroatoms. The maximum absolute atomic E-state index is 12.3. The molecule has 2 N–H and O–H groups in total. The lowest BCUT2D eigenvalue weighted by atomic mass is 10.1. The Hall–Kier alpha value is -2.17. The van der Waals surface area contributed by atoms with Gasteiger partial charge in [0.2, 0.25) is 0 Å². The number of methoxy groups -OCH3 is 2. The molecule has 0 aliphatic carbocycles. The Morgan fingerprint density at radius 3 is 2.05 bits per heavy atom. The van der Waals surface area contributed by atoms with Gasteiger partial charge in [-0.3, -0.25) is 4.72 Å². The topological polar surface area (TPSA) is 102 Å². The Morgan fingerprint density at radius 2 is 1.67 bits per heavy atom. The van der Waals surface area contributed by atoms with Crippen molar-refractivity contribution in [3.63, 3.8) is 0 Å². The van der Waals surface area contributed by atoms with Gasteiger partial charge >= 0.3 is 21.5 Å². The Balaban J connectivity index is 3.45. The summed E-state index contributed by atoms with van der Waals surface area (Å²) in [6, 6.07) is 1.63. The number of alkyl halides is 3. The average Bonchev–Trinajstić information content (AvgIpc) is 2.36. The summed E-state index contributed by atoms with van der Waals surface area (Å²) >= 11 is 0. The van der Waals surface area contributed by atoms with E-state index in [-0.39, 0.29) is 11.5 Å². The highest BCUT2D eigenvalue weighted by Gasteiger charge is 2.46. The van der Waals surface area contributed by atoms with E-state index in [2.05, 4.69) is 0 Å². The number of carbonyl (C=O) groups is 1.